The summed E-state index contributed by atoms with van der Waals surface area (Å²) in [5, 5.41) is 0. The van der Waals surface area contributed by atoms with Gasteiger partial charge in [0.2, 0.25) is 0 Å². The summed E-state index contributed by atoms with van der Waals surface area (Å²) in [5.74, 6) is -0.879. The molecule has 0 N–H and O–H groups in total. The first-order chi connectivity index (χ1) is 28.5. The number of carbonyl (C=O) groups is 3. The van der Waals surface area contributed by atoms with E-state index in [0.29, 0.717) is 19.3 Å². The number of hydrogen-bond acceptors (Lipinski definition) is 6. The van der Waals surface area contributed by atoms with E-state index in [1.807, 2.05) is 0 Å². The largest absolute Gasteiger partial charge is 0.462 e. The monoisotopic (exact) mass is 817 g/mol. The van der Waals surface area contributed by atoms with Crippen LogP contribution >= 0.6 is 0 Å². The Morgan fingerprint density at radius 3 is 0.914 bits per heavy atom. The summed E-state index contributed by atoms with van der Waals surface area (Å²) in [4.78, 5) is 37.8. The molecule has 0 amide bonds. The molecule has 340 valence electrons. The van der Waals surface area contributed by atoms with Gasteiger partial charge in [-0.2, -0.15) is 0 Å². The van der Waals surface area contributed by atoms with Gasteiger partial charge < -0.3 is 14.2 Å². The third-order valence-electron chi connectivity index (χ3n) is 11.2. The molecule has 0 aromatic heterocycles. The number of unbranched alkanes of at least 4 members (excludes halogenated alkanes) is 32. The Kier molecular flexibility index (Phi) is 45.8. The Bertz CT molecular complexity index is 942. The minimum Gasteiger partial charge on any atom is -0.462 e. The van der Waals surface area contributed by atoms with Gasteiger partial charge in [-0.15, -0.1) is 0 Å². The third-order valence-corrected chi connectivity index (χ3v) is 11.2. The van der Waals surface area contributed by atoms with Crippen LogP contribution in [0.1, 0.15) is 271 Å². The maximum atomic E-state index is 12.7. The minimum absolute atomic E-state index is 0.0721. The lowest BCUT2D eigenvalue weighted by Crippen LogP contribution is -2.30. The maximum Gasteiger partial charge on any atom is 0.306 e. The lowest BCUT2D eigenvalue weighted by Gasteiger charge is -2.18. The fourth-order valence-electron chi connectivity index (χ4n) is 7.37. The fraction of sp³-hybridized carbons (Fsp3) is 0.865. The molecule has 0 saturated heterocycles. The van der Waals surface area contributed by atoms with Crippen LogP contribution in [0, 0.1) is 0 Å². The predicted molar refractivity (Wildman–Crippen MR) is 247 cm³/mol. The summed E-state index contributed by atoms with van der Waals surface area (Å²) in [6.07, 6.45) is 53.0. The Hall–Kier alpha value is -2.11. The molecule has 1 unspecified atom stereocenters. The van der Waals surface area contributed by atoms with Crippen LogP contribution in [-0.4, -0.2) is 37.2 Å². The summed E-state index contributed by atoms with van der Waals surface area (Å²) in [6, 6.07) is 0. The summed E-state index contributed by atoms with van der Waals surface area (Å²) in [7, 11) is 0. The molecule has 0 aromatic carbocycles. The molecule has 0 aliphatic heterocycles. The molecule has 0 aliphatic rings. The van der Waals surface area contributed by atoms with Crippen molar-refractivity contribution < 1.29 is 28.6 Å². The predicted octanol–water partition coefficient (Wildman–Crippen LogP) is 16.4. The second-order valence-electron chi connectivity index (χ2n) is 17.1. The van der Waals surface area contributed by atoms with E-state index in [4.69, 9.17) is 14.2 Å². The van der Waals surface area contributed by atoms with Crippen molar-refractivity contribution in [2.75, 3.05) is 13.2 Å². The van der Waals surface area contributed by atoms with Crippen molar-refractivity contribution in [3.05, 3.63) is 24.3 Å². The molecule has 0 saturated carbocycles. The molecule has 1 atom stereocenters. The standard InChI is InChI=1S/C52H96O6/c1-4-7-10-13-16-19-21-23-24-25-26-27-29-30-33-36-39-42-45-51(54)57-48-49(47-56-50(53)44-41-38-35-32-18-15-12-9-6-3)58-52(55)46-43-40-37-34-31-28-22-20-17-14-11-8-5-2/h24-27,49H,4-23,28-48H2,1-3H3/b25-24-,27-26-. The quantitative estimate of drug-likeness (QED) is 0.0263. The summed E-state index contributed by atoms with van der Waals surface area (Å²) in [6.45, 7) is 6.62. The topological polar surface area (TPSA) is 78.9 Å². The molecule has 0 spiro atoms. The van der Waals surface area contributed by atoms with Gasteiger partial charge in [-0.25, -0.2) is 0 Å². The zero-order valence-corrected chi connectivity index (χ0v) is 38.8. The minimum atomic E-state index is -0.770. The van der Waals surface area contributed by atoms with Gasteiger partial charge in [0.25, 0.3) is 0 Å². The van der Waals surface area contributed by atoms with Crippen molar-refractivity contribution in [3.63, 3.8) is 0 Å². The van der Waals surface area contributed by atoms with Crippen LogP contribution in [0.5, 0.6) is 0 Å². The zero-order valence-electron chi connectivity index (χ0n) is 38.8. The molecule has 6 nitrogen and oxygen atoms in total. The molecule has 0 fully saturated rings. The first-order valence-electron chi connectivity index (χ1n) is 25.4. The molecular weight excluding hydrogens is 721 g/mol. The van der Waals surface area contributed by atoms with Gasteiger partial charge in [0.05, 0.1) is 0 Å². The number of carbonyl (C=O) groups excluding carboxylic acids is 3. The average molecular weight is 817 g/mol. The van der Waals surface area contributed by atoms with E-state index in [1.165, 1.54) is 154 Å². The summed E-state index contributed by atoms with van der Waals surface area (Å²) >= 11 is 0. The molecule has 0 aliphatic carbocycles. The zero-order chi connectivity index (χ0) is 42.3. The van der Waals surface area contributed by atoms with Gasteiger partial charge in [0.15, 0.2) is 6.10 Å². The summed E-state index contributed by atoms with van der Waals surface area (Å²) in [5.41, 5.74) is 0. The normalized spacial score (nSPS) is 12.1. The van der Waals surface area contributed by atoms with Crippen LogP contribution in [-0.2, 0) is 28.6 Å². The molecule has 0 aromatic rings. The van der Waals surface area contributed by atoms with Crippen LogP contribution in [0.25, 0.3) is 0 Å². The highest BCUT2D eigenvalue weighted by molar-refractivity contribution is 5.71. The SMILES string of the molecule is CCCCCCCCC/C=C\C=C/CCCCCCCC(=O)OCC(COC(=O)CCCCCCCCCCC)OC(=O)CCCCCCCCCCCCCCC. The van der Waals surface area contributed by atoms with Crippen molar-refractivity contribution in [3.8, 4) is 0 Å². The summed E-state index contributed by atoms with van der Waals surface area (Å²) < 4.78 is 16.7. The first-order valence-corrected chi connectivity index (χ1v) is 25.4. The van der Waals surface area contributed by atoms with Gasteiger partial charge in [0.1, 0.15) is 13.2 Å². The average Bonchev–Trinajstić information content (AvgIpc) is 3.22. The van der Waals surface area contributed by atoms with E-state index in [-0.39, 0.29) is 31.1 Å². The highest BCUT2D eigenvalue weighted by atomic mass is 16.6. The number of allylic oxidation sites excluding steroid dienone is 4. The van der Waals surface area contributed by atoms with Gasteiger partial charge in [-0.05, 0) is 44.9 Å². The number of rotatable bonds is 46. The molecule has 0 bridgehead atoms. The molecule has 0 heterocycles. The van der Waals surface area contributed by atoms with Crippen LogP contribution in [0.3, 0.4) is 0 Å². The van der Waals surface area contributed by atoms with Crippen LogP contribution in [0.2, 0.25) is 0 Å². The van der Waals surface area contributed by atoms with E-state index < -0.39 is 6.10 Å². The van der Waals surface area contributed by atoms with Crippen LogP contribution in [0.15, 0.2) is 24.3 Å². The van der Waals surface area contributed by atoms with E-state index in [1.54, 1.807) is 0 Å². The highest BCUT2D eigenvalue weighted by Crippen LogP contribution is 2.15. The Balaban J connectivity index is 4.31. The van der Waals surface area contributed by atoms with E-state index in [2.05, 4.69) is 45.1 Å². The second kappa shape index (κ2) is 47.6. The van der Waals surface area contributed by atoms with E-state index >= 15 is 0 Å². The van der Waals surface area contributed by atoms with Crippen molar-refractivity contribution >= 4 is 17.9 Å². The lowest BCUT2D eigenvalue weighted by molar-refractivity contribution is -0.167. The number of hydrogen-bond donors (Lipinski definition) is 0. The van der Waals surface area contributed by atoms with Crippen molar-refractivity contribution in [2.45, 2.75) is 277 Å². The van der Waals surface area contributed by atoms with Crippen LogP contribution in [0.4, 0.5) is 0 Å². The maximum absolute atomic E-state index is 12.7. The number of ether oxygens (including phenoxy) is 3. The second-order valence-corrected chi connectivity index (χ2v) is 17.1. The van der Waals surface area contributed by atoms with Crippen LogP contribution < -0.4 is 0 Å². The highest BCUT2D eigenvalue weighted by Gasteiger charge is 2.19. The van der Waals surface area contributed by atoms with E-state index in [9.17, 15) is 14.4 Å². The van der Waals surface area contributed by atoms with Gasteiger partial charge in [-0.1, -0.05) is 231 Å². The van der Waals surface area contributed by atoms with Crippen molar-refractivity contribution in [1.29, 1.82) is 0 Å². The van der Waals surface area contributed by atoms with E-state index in [0.717, 1.165) is 77.0 Å². The van der Waals surface area contributed by atoms with Crippen molar-refractivity contribution in [2.24, 2.45) is 0 Å². The smallest absolute Gasteiger partial charge is 0.306 e. The molecule has 0 radical (unpaired) electrons. The molecule has 58 heavy (non-hydrogen) atoms. The first kappa shape index (κ1) is 55.9. The fourth-order valence-corrected chi connectivity index (χ4v) is 7.37. The third kappa shape index (κ3) is 45.0. The van der Waals surface area contributed by atoms with Crippen molar-refractivity contribution in [1.82, 2.24) is 0 Å². The molecule has 6 heteroatoms. The van der Waals surface area contributed by atoms with Gasteiger partial charge in [-0.3, -0.25) is 14.4 Å². The Labute approximate surface area is 360 Å². The Morgan fingerprint density at radius 1 is 0.345 bits per heavy atom. The molecular formula is C52H96O6. The lowest BCUT2D eigenvalue weighted by atomic mass is 10.0. The Morgan fingerprint density at radius 2 is 0.603 bits per heavy atom. The number of esters is 3. The van der Waals surface area contributed by atoms with Gasteiger partial charge >= 0.3 is 17.9 Å². The molecule has 0 rings (SSSR count). The van der Waals surface area contributed by atoms with Gasteiger partial charge in [0, 0.05) is 19.3 Å².